The van der Waals surface area contributed by atoms with Crippen molar-refractivity contribution < 1.29 is 70.8 Å². The number of benzene rings is 4. The van der Waals surface area contributed by atoms with E-state index in [1.165, 1.54) is 43.9 Å². The van der Waals surface area contributed by atoms with Crippen LogP contribution in [0.2, 0.25) is 5.02 Å². The number of H-pyrrole nitrogens is 2. The quantitative estimate of drug-likeness (QED) is 0.102. The molecule has 262 valence electrons. The number of aromatic nitrogens is 2. The van der Waals surface area contributed by atoms with E-state index in [9.17, 15) is 9.90 Å². The fraction of sp³-hybridized carbons (Fsp3) is 0.293. The monoisotopic (exact) mass is 766 g/mol. The van der Waals surface area contributed by atoms with Crippen LogP contribution in [0, 0.1) is 0 Å². The number of halogens is 1. The van der Waals surface area contributed by atoms with Crippen LogP contribution in [0.4, 0.5) is 0 Å². The number of nitrogens with one attached hydrogen (secondary N) is 2. The molecular formula is C41H44ClKN2O4S2. The normalized spacial score (nSPS) is 12.4. The largest absolute Gasteiger partial charge is 1.00 e. The van der Waals surface area contributed by atoms with Gasteiger partial charge >= 0.3 is 57.4 Å². The van der Waals surface area contributed by atoms with Crippen molar-refractivity contribution in [2.45, 2.75) is 57.5 Å². The van der Waals surface area contributed by atoms with E-state index < -0.39 is 5.60 Å². The summed E-state index contributed by atoms with van der Waals surface area (Å²) in [5.41, 5.74) is 3.63. The van der Waals surface area contributed by atoms with Crippen LogP contribution < -0.4 is 56.5 Å². The number of aromatic amines is 2. The molecule has 2 N–H and O–H groups in total. The fourth-order valence-corrected chi connectivity index (χ4v) is 7.90. The average Bonchev–Trinajstić information content (AvgIpc) is 3.92. The maximum absolute atomic E-state index is 11.5. The molecule has 0 aliphatic carbocycles. The van der Waals surface area contributed by atoms with E-state index in [4.69, 9.17) is 21.1 Å². The first-order valence-electron chi connectivity index (χ1n) is 16.9. The van der Waals surface area contributed by atoms with E-state index in [0.29, 0.717) is 18.8 Å². The molecule has 4 aromatic carbocycles. The van der Waals surface area contributed by atoms with Gasteiger partial charge in [-0.25, -0.2) is 0 Å². The van der Waals surface area contributed by atoms with Crippen LogP contribution in [0.15, 0.2) is 102 Å². The van der Waals surface area contributed by atoms with Crippen molar-refractivity contribution in [1.82, 2.24) is 9.97 Å². The van der Waals surface area contributed by atoms with Gasteiger partial charge in [-0.05, 0) is 73.9 Å². The summed E-state index contributed by atoms with van der Waals surface area (Å²) in [6.07, 6.45) is 6.88. The van der Waals surface area contributed by atoms with Crippen molar-refractivity contribution in [1.29, 1.82) is 0 Å². The van der Waals surface area contributed by atoms with Gasteiger partial charge in [0.1, 0.15) is 0 Å². The van der Waals surface area contributed by atoms with Crippen LogP contribution in [0.1, 0.15) is 47.0 Å². The molecule has 0 unspecified atom stereocenters. The minimum Gasteiger partial charge on any atom is -0.850 e. The molecule has 1 aliphatic rings. The second-order valence-electron chi connectivity index (χ2n) is 12.7. The van der Waals surface area contributed by atoms with Crippen LogP contribution in [-0.2, 0) is 14.3 Å². The minimum absolute atomic E-state index is 0. The van der Waals surface area contributed by atoms with E-state index in [1.54, 1.807) is 32.5 Å². The number of thiophene rings is 1. The number of fused-ring (bicyclic) bond motifs is 6. The van der Waals surface area contributed by atoms with Crippen molar-refractivity contribution in [2.75, 3.05) is 25.6 Å². The number of carbonyl (C=O) groups is 1. The molecule has 1 saturated heterocycles. The molecule has 51 heavy (non-hydrogen) atoms. The second-order valence-corrected chi connectivity index (χ2v) is 15.3. The van der Waals surface area contributed by atoms with Gasteiger partial charge < -0.3 is 24.5 Å². The van der Waals surface area contributed by atoms with E-state index in [-0.39, 0.29) is 57.4 Å². The summed E-state index contributed by atoms with van der Waals surface area (Å²) in [7, 11) is 0. The van der Waals surface area contributed by atoms with Crippen molar-refractivity contribution in [3.05, 3.63) is 102 Å². The van der Waals surface area contributed by atoms with Gasteiger partial charge in [-0.2, -0.15) is 0 Å². The van der Waals surface area contributed by atoms with Gasteiger partial charge in [0.15, 0.2) is 0 Å². The van der Waals surface area contributed by atoms with Crippen LogP contribution in [0.25, 0.3) is 53.1 Å². The predicted molar refractivity (Wildman–Crippen MR) is 212 cm³/mol. The Hall–Kier alpha value is -2.15. The van der Waals surface area contributed by atoms with Crippen LogP contribution >= 0.6 is 34.7 Å². The van der Waals surface area contributed by atoms with Gasteiger partial charge in [0, 0.05) is 88.8 Å². The average molecular weight is 767 g/mol. The van der Waals surface area contributed by atoms with E-state index in [1.807, 2.05) is 61.0 Å². The smallest absolute Gasteiger partial charge is 0.850 e. The number of thioether (sulfide) groups is 1. The molecule has 7 aromatic rings. The molecule has 6 nitrogen and oxygen atoms in total. The molecule has 1 fully saturated rings. The van der Waals surface area contributed by atoms with Crippen molar-refractivity contribution >= 4 is 82.6 Å². The van der Waals surface area contributed by atoms with E-state index >= 15 is 0 Å². The topological polar surface area (TPSA) is 90.2 Å². The number of ether oxygens (including phenoxy) is 2. The molecule has 0 saturated carbocycles. The van der Waals surface area contributed by atoms with Crippen molar-refractivity contribution in [3.63, 3.8) is 0 Å². The summed E-state index contributed by atoms with van der Waals surface area (Å²) in [4.78, 5) is 19.1. The Bertz CT molecular complexity index is 2130. The molecule has 0 atom stereocenters. The van der Waals surface area contributed by atoms with Gasteiger partial charge in [0.25, 0.3) is 0 Å². The molecule has 8 rings (SSSR count). The number of hydrogen-bond acceptors (Lipinski definition) is 6. The molecule has 0 radical (unpaired) electrons. The van der Waals surface area contributed by atoms with E-state index in [0.717, 1.165) is 45.2 Å². The number of rotatable bonds is 6. The maximum Gasteiger partial charge on any atom is 1.00 e. The van der Waals surface area contributed by atoms with Gasteiger partial charge in [-0.3, -0.25) is 4.79 Å². The standard InChI is InChI=1S/C19H18ClNO2S.C14H9NS.C4H8O.C4H9O.K/c1-2-23-18(22)10-12-24-17-6-4-3-5-14(17)19-13-9-11-21-16(13)8-7-15(19)20;1-2-4-12-10(3-1)14-9-7-8-15-11(9)5-6-13(14)16-12;1-2-4-5-3-1;1-4(2,3)5;/h3-9,11,21H,2,10,12H2,1H3;1-8,15H;1-4H2;1-3H3;/q;;;-1;+1. The summed E-state index contributed by atoms with van der Waals surface area (Å²) < 4.78 is 12.7. The predicted octanol–water partition coefficient (Wildman–Crippen LogP) is 8.02. The molecular weight excluding hydrogens is 723 g/mol. The molecule has 3 aromatic heterocycles. The Morgan fingerprint density at radius 2 is 1.49 bits per heavy atom. The first-order chi connectivity index (χ1) is 24.1. The second kappa shape index (κ2) is 20.3. The summed E-state index contributed by atoms with van der Waals surface area (Å²) in [5, 5.41) is 16.0. The third-order valence-corrected chi connectivity index (χ3v) is 10.1. The van der Waals surface area contributed by atoms with Crippen molar-refractivity contribution in [3.8, 4) is 11.1 Å². The van der Waals surface area contributed by atoms with Crippen LogP contribution in [0.5, 0.6) is 0 Å². The van der Waals surface area contributed by atoms with Gasteiger partial charge in [-0.15, -0.1) is 28.7 Å². The zero-order valence-electron chi connectivity index (χ0n) is 30.0. The molecule has 10 heteroatoms. The minimum atomic E-state index is -0.750. The summed E-state index contributed by atoms with van der Waals surface area (Å²) >= 11 is 10.0. The molecule has 4 heterocycles. The Morgan fingerprint density at radius 3 is 2.18 bits per heavy atom. The number of hydrogen-bond donors (Lipinski definition) is 2. The molecule has 1 aliphatic heterocycles. The van der Waals surface area contributed by atoms with Gasteiger partial charge in [0.05, 0.1) is 13.0 Å². The zero-order valence-corrected chi connectivity index (χ0v) is 35.5. The Balaban J connectivity index is 0.000000184. The third kappa shape index (κ3) is 11.9. The first-order valence-corrected chi connectivity index (χ1v) is 19.1. The molecule has 0 amide bonds. The maximum atomic E-state index is 11.5. The third-order valence-electron chi connectivity index (χ3n) is 7.61. The van der Waals surface area contributed by atoms with E-state index in [2.05, 4.69) is 64.6 Å². The van der Waals surface area contributed by atoms with Crippen LogP contribution in [-0.4, -0.2) is 47.1 Å². The summed E-state index contributed by atoms with van der Waals surface area (Å²) in [6, 6.07) is 29.2. The number of carbonyl (C=O) groups excluding carboxylic acids is 1. The summed E-state index contributed by atoms with van der Waals surface area (Å²) in [5.74, 6) is 0.518. The Kier molecular flexibility index (Phi) is 16.6. The summed E-state index contributed by atoms with van der Waals surface area (Å²) in [6.45, 7) is 9.14. The SMILES string of the molecule is C1CCOC1.CC(C)(C)[O-].CCOC(=O)CCSc1ccccc1-c1c(Cl)ccc2[nH]ccc12.[K+].c1ccc2c(c1)sc1ccc3[nH]ccc3c12. The van der Waals surface area contributed by atoms with Crippen LogP contribution in [0.3, 0.4) is 0 Å². The molecule has 0 spiro atoms. The van der Waals surface area contributed by atoms with Gasteiger partial charge in [0.2, 0.25) is 0 Å². The van der Waals surface area contributed by atoms with Gasteiger partial charge in [-0.1, -0.05) is 68.8 Å². The fourth-order valence-electron chi connectivity index (χ4n) is 5.52. The Morgan fingerprint density at radius 1 is 0.863 bits per heavy atom. The zero-order chi connectivity index (χ0) is 35.5. The first kappa shape index (κ1) is 41.6. The number of esters is 1. The molecule has 0 bridgehead atoms. The van der Waals surface area contributed by atoms with Crippen molar-refractivity contribution in [2.24, 2.45) is 0 Å². The Labute approximate surface area is 356 Å².